The van der Waals surface area contributed by atoms with Gasteiger partial charge in [0, 0.05) is 6.54 Å². The minimum atomic E-state index is -0.382. The Morgan fingerprint density at radius 3 is 2.86 bits per heavy atom. The van der Waals surface area contributed by atoms with Crippen molar-refractivity contribution < 1.29 is 9.53 Å². The normalized spacial score (nSPS) is 10.4. The number of ether oxygens (including phenoxy) is 1. The molecule has 21 heavy (non-hydrogen) atoms. The Labute approximate surface area is 123 Å². The van der Waals surface area contributed by atoms with E-state index in [0.717, 1.165) is 17.9 Å². The summed E-state index contributed by atoms with van der Waals surface area (Å²) in [6, 6.07) is 7.06. The molecule has 0 atom stereocenters. The molecule has 1 aromatic heterocycles. The number of anilines is 2. The van der Waals surface area contributed by atoms with E-state index in [1.165, 1.54) is 7.11 Å². The highest BCUT2D eigenvalue weighted by atomic mass is 16.5. The largest absolute Gasteiger partial charge is 0.465 e. The van der Waals surface area contributed by atoms with Crippen LogP contribution in [0.5, 0.6) is 0 Å². The third-order valence-electron chi connectivity index (χ3n) is 3.22. The number of nitrogens with one attached hydrogen (secondary N) is 1. The first kappa shape index (κ1) is 14.9. The zero-order chi connectivity index (χ0) is 15.4. The lowest BCUT2D eigenvalue weighted by Gasteiger charge is -2.11. The summed E-state index contributed by atoms with van der Waals surface area (Å²) >= 11 is 0. The van der Waals surface area contributed by atoms with Crippen molar-refractivity contribution in [3.63, 3.8) is 0 Å². The number of nitrogens with zero attached hydrogens (tertiary/aromatic N) is 2. The molecule has 6 heteroatoms. The number of carbonyl (C=O) groups is 1. The predicted molar refractivity (Wildman–Crippen MR) is 82.2 cm³/mol. The summed E-state index contributed by atoms with van der Waals surface area (Å²) in [7, 11) is 1.36. The van der Waals surface area contributed by atoms with Crippen molar-refractivity contribution in [1.82, 2.24) is 9.78 Å². The summed E-state index contributed by atoms with van der Waals surface area (Å²) in [4.78, 5) is 11.6. The zero-order valence-corrected chi connectivity index (χ0v) is 12.5. The number of nitrogens with two attached hydrogens (primary N) is 1. The fourth-order valence-electron chi connectivity index (χ4n) is 2.16. The van der Waals surface area contributed by atoms with E-state index in [9.17, 15) is 4.79 Å². The van der Waals surface area contributed by atoms with Gasteiger partial charge in [-0.15, -0.1) is 0 Å². The highest BCUT2D eigenvalue weighted by Crippen LogP contribution is 2.21. The number of benzene rings is 1. The van der Waals surface area contributed by atoms with Gasteiger partial charge in [0.15, 0.2) is 0 Å². The van der Waals surface area contributed by atoms with E-state index in [4.69, 9.17) is 10.5 Å². The van der Waals surface area contributed by atoms with E-state index in [1.54, 1.807) is 18.2 Å². The lowest BCUT2D eigenvalue weighted by molar-refractivity contribution is 0.0601. The number of nitrogen functional groups attached to an aromatic ring is 1. The summed E-state index contributed by atoms with van der Waals surface area (Å²) in [6.45, 7) is 5.40. The summed E-state index contributed by atoms with van der Waals surface area (Å²) in [5.74, 6) is -0.382. The summed E-state index contributed by atoms with van der Waals surface area (Å²) in [5.41, 5.74) is 9.74. The fourth-order valence-corrected chi connectivity index (χ4v) is 2.16. The summed E-state index contributed by atoms with van der Waals surface area (Å²) < 4.78 is 6.65. The lowest BCUT2D eigenvalue weighted by Crippen LogP contribution is -2.10. The molecule has 0 aliphatic carbocycles. The molecule has 0 bridgehead atoms. The van der Waals surface area contributed by atoms with E-state index < -0.39 is 0 Å². The number of hydrogen-bond acceptors (Lipinski definition) is 5. The number of esters is 1. The molecule has 0 saturated heterocycles. The molecular formula is C15H20N4O2. The molecule has 0 spiro atoms. The van der Waals surface area contributed by atoms with E-state index in [-0.39, 0.29) is 5.97 Å². The third-order valence-corrected chi connectivity index (χ3v) is 3.22. The Bertz CT molecular complexity index is 649. The first-order valence-corrected chi connectivity index (χ1v) is 6.80. The van der Waals surface area contributed by atoms with Gasteiger partial charge in [-0.2, -0.15) is 5.10 Å². The SMILES string of the molecule is CCn1nc(C)cc1CNc1cc(C(=O)OC)ccc1N. The number of hydrogen-bond donors (Lipinski definition) is 2. The molecule has 0 radical (unpaired) electrons. The van der Waals surface area contributed by atoms with Gasteiger partial charge < -0.3 is 15.8 Å². The standard InChI is InChI=1S/C15H20N4O2/c1-4-19-12(7-10(2)18-19)9-17-14-8-11(15(20)21-3)5-6-13(14)16/h5-8,17H,4,9,16H2,1-3H3. The second-order valence-electron chi connectivity index (χ2n) is 4.74. The molecule has 0 aliphatic heterocycles. The first-order chi connectivity index (χ1) is 10.0. The molecule has 2 rings (SSSR count). The van der Waals surface area contributed by atoms with Crippen LogP contribution in [0.3, 0.4) is 0 Å². The quantitative estimate of drug-likeness (QED) is 0.651. The van der Waals surface area contributed by atoms with Crippen molar-refractivity contribution in [1.29, 1.82) is 0 Å². The maximum Gasteiger partial charge on any atom is 0.337 e. The molecule has 0 saturated carbocycles. The molecule has 1 aromatic carbocycles. The Hall–Kier alpha value is -2.50. The van der Waals surface area contributed by atoms with Crippen molar-refractivity contribution in [2.75, 3.05) is 18.2 Å². The van der Waals surface area contributed by atoms with Gasteiger partial charge in [0.2, 0.25) is 0 Å². The average molecular weight is 288 g/mol. The Morgan fingerprint density at radius 2 is 2.19 bits per heavy atom. The van der Waals surface area contributed by atoms with Crippen molar-refractivity contribution >= 4 is 17.3 Å². The van der Waals surface area contributed by atoms with Crippen molar-refractivity contribution in [2.24, 2.45) is 0 Å². The fraction of sp³-hybridized carbons (Fsp3) is 0.333. The van der Waals surface area contributed by atoms with Crippen LogP contribution < -0.4 is 11.1 Å². The van der Waals surface area contributed by atoms with Crippen LogP contribution in [0, 0.1) is 6.92 Å². The van der Waals surface area contributed by atoms with E-state index in [1.807, 2.05) is 24.6 Å². The van der Waals surface area contributed by atoms with Crippen molar-refractivity contribution in [2.45, 2.75) is 26.9 Å². The minimum Gasteiger partial charge on any atom is -0.465 e. The van der Waals surface area contributed by atoms with Crippen LogP contribution >= 0.6 is 0 Å². The highest BCUT2D eigenvalue weighted by molar-refractivity contribution is 5.91. The second-order valence-corrected chi connectivity index (χ2v) is 4.74. The molecular weight excluding hydrogens is 268 g/mol. The number of aryl methyl sites for hydroxylation is 2. The number of methoxy groups -OCH3 is 1. The second kappa shape index (κ2) is 6.30. The maximum absolute atomic E-state index is 11.6. The third kappa shape index (κ3) is 3.34. The van der Waals surface area contributed by atoms with Gasteiger partial charge in [-0.25, -0.2) is 4.79 Å². The number of carbonyl (C=O) groups excluding carboxylic acids is 1. The molecule has 6 nitrogen and oxygen atoms in total. The summed E-state index contributed by atoms with van der Waals surface area (Å²) in [5, 5.41) is 7.64. The van der Waals surface area contributed by atoms with Crippen LogP contribution in [0.4, 0.5) is 11.4 Å². The van der Waals surface area contributed by atoms with Crippen LogP contribution in [0.1, 0.15) is 28.7 Å². The first-order valence-electron chi connectivity index (χ1n) is 6.80. The molecule has 1 heterocycles. The van der Waals surface area contributed by atoms with E-state index in [2.05, 4.69) is 10.4 Å². The molecule has 0 aliphatic rings. The Balaban J connectivity index is 2.17. The van der Waals surface area contributed by atoms with Gasteiger partial charge in [-0.1, -0.05) is 0 Å². The Kier molecular flexibility index (Phi) is 4.47. The topological polar surface area (TPSA) is 82.2 Å². The summed E-state index contributed by atoms with van der Waals surface area (Å²) in [6.07, 6.45) is 0. The van der Waals surface area contributed by atoms with Crippen LogP contribution in [-0.4, -0.2) is 22.9 Å². The molecule has 0 amide bonds. The van der Waals surface area contributed by atoms with Crippen LogP contribution in [0.25, 0.3) is 0 Å². The molecule has 3 N–H and O–H groups in total. The van der Waals surface area contributed by atoms with Gasteiger partial charge in [-0.05, 0) is 38.1 Å². The lowest BCUT2D eigenvalue weighted by atomic mass is 10.1. The van der Waals surface area contributed by atoms with Crippen molar-refractivity contribution in [3.8, 4) is 0 Å². The molecule has 0 unspecified atom stereocenters. The average Bonchev–Trinajstić information content (AvgIpc) is 2.85. The zero-order valence-electron chi connectivity index (χ0n) is 12.5. The van der Waals surface area contributed by atoms with Gasteiger partial charge >= 0.3 is 5.97 Å². The Morgan fingerprint density at radius 1 is 1.43 bits per heavy atom. The van der Waals surface area contributed by atoms with Gasteiger partial charge in [0.1, 0.15) is 0 Å². The van der Waals surface area contributed by atoms with Gasteiger partial charge in [-0.3, -0.25) is 4.68 Å². The van der Waals surface area contributed by atoms with Crippen LogP contribution in [-0.2, 0) is 17.8 Å². The van der Waals surface area contributed by atoms with Gasteiger partial charge in [0.05, 0.1) is 42.0 Å². The molecule has 112 valence electrons. The maximum atomic E-state index is 11.6. The minimum absolute atomic E-state index is 0.382. The monoisotopic (exact) mass is 288 g/mol. The van der Waals surface area contributed by atoms with Crippen LogP contribution in [0.2, 0.25) is 0 Å². The van der Waals surface area contributed by atoms with Gasteiger partial charge in [0.25, 0.3) is 0 Å². The smallest absolute Gasteiger partial charge is 0.337 e. The van der Waals surface area contributed by atoms with Crippen molar-refractivity contribution in [3.05, 3.63) is 41.2 Å². The van der Waals surface area contributed by atoms with E-state index in [0.29, 0.717) is 23.5 Å². The number of rotatable bonds is 5. The number of aromatic nitrogens is 2. The van der Waals surface area contributed by atoms with E-state index >= 15 is 0 Å². The molecule has 0 fully saturated rings. The van der Waals surface area contributed by atoms with Crippen LogP contribution in [0.15, 0.2) is 24.3 Å². The highest BCUT2D eigenvalue weighted by Gasteiger charge is 2.09. The molecule has 2 aromatic rings. The predicted octanol–water partition coefficient (Wildman–Crippen LogP) is 2.19.